The Morgan fingerprint density at radius 3 is 2.63 bits per heavy atom. The largest absolute Gasteiger partial charge is 0.371 e. The Morgan fingerprint density at radius 2 is 1.93 bits per heavy atom. The predicted octanol–water partition coefficient (Wildman–Crippen LogP) is 3.81. The van der Waals surface area contributed by atoms with Crippen LogP contribution in [0.1, 0.15) is 22.3 Å². The lowest BCUT2D eigenvalue weighted by Crippen LogP contribution is -2.31. The number of rotatable bonds is 6. The van der Waals surface area contributed by atoms with Crippen LogP contribution in [-0.2, 0) is 10.0 Å². The van der Waals surface area contributed by atoms with Crippen LogP contribution in [0.2, 0.25) is 10.0 Å². The van der Waals surface area contributed by atoms with Gasteiger partial charge in [0.2, 0.25) is 10.0 Å². The molecule has 0 saturated carbocycles. The Kier molecular flexibility index (Phi) is 6.97. The zero-order chi connectivity index (χ0) is 22.1. The average Bonchev–Trinajstić information content (AvgIpc) is 3.16. The number of hydrogen-bond donors (Lipinski definition) is 1. The first-order valence-electron chi connectivity index (χ1n) is 9.61. The van der Waals surface area contributed by atoms with Gasteiger partial charge >= 0.3 is 0 Å². The molecule has 1 aliphatic rings. The van der Waals surface area contributed by atoms with Gasteiger partial charge < -0.3 is 10.2 Å². The lowest BCUT2D eigenvalue weighted by Gasteiger charge is -2.21. The molecule has 2 aromatic carbocycles. The summed E-state index contributed by atoms with van der Waals surface area (Å²) in [6, 6.07) is 10.0. The third-order valence-corrected chi connectivity index (χ3v) is 7.69. The summed E-state index contributed by atoms with van der Waals surface area (Å²) in [5, 5.41) is 3.82. The molecule has 30 heavy (non-hydrogen) atoms. The highest BCUT2D eigenvalue weighted by atomic mass is 35.5. The minimum Gasteiger partial charge on any atom is -0.371 e. The van der Waals surface area contributed by atoms with Gasteiger partial charge in [0.25, 0.3) is 5.91 Å². The van der Waals surface area contributed by atoms with Gasteiger partial charge in [0.1, 0.15) is 0 Å². The molecule has 1 fully saturated rings. The molecule has 0 aromatic heterocycles. The average molecular weight is 470 g/mol. The number of carbonyl (C=O) groups excluding carboxylic acids is 1. The van der Waals surface area contributed by atoms with Crippen LogP contribution in [-0.4, -0.2) is 52.4 Å². The Bertz CT molecular complexity index is 1060. The van der Waals surface area contributed by atoms with Crippen molar-refractivity contribution in [3.05, 3.63) is 57.6 Å². The summed E-state index contributed by atoms with van der Waals surface area (Å²) >= 11 is 12.3. The molecule has 1 aliphatic heterocycles. The molecular weight excluding hydrogens is 445 g/mol. The topological polar surface area (TPSA) is 69.7 Å². The summed E-state index contributed by atoms with van der Waals surface area (Å²) in [5.74, 6) is -0.104. The van der Waals surface area contributed by atoms with E-state index in [1.807, 2.05) is 18.2 Å². The van der Waals surface area contributed by atoms with E-state index in [0.29, 0.717) is 11.6 Å². The van der Waals surface area contributed by atoms with Gasteiger partial charge in [0.05, 0.1) is 15.5 Å². The van der Waals surface area contributed by atoms with E-state index in [4.69, 9.17) is 23.2 Å². The van der Waals surface area contributed by atoms with Gasteiger partial charge in [-0.2, -0.15) is 0 Å². The maximum absolute atomic E-state index is 12.7. The third kappa shape index (κ3) is 4.91. The molecule has 162 valence electrons. The Hall–Kier alpha value is -1.80. The Balaban J connectivity index is 1.66. The smallest absolute Gasteiger partial charge is 0.252 e. The summed E-state index contributed by atoms with van der Waals surface area (Å²) in [7, 11) is -0.765. The third-order valence-electron chi connectivity index (χ3n) is 5.31. The van der Waals surface area contributed by atoms with E-state index in [9.17, 15) is 13.2 Å². The van der Waals surface area contributed by atoms with Crippen LogP contribution in [0.15, 0.2) is 41.3 Å². The van der Waals surface area contributed by atoms with E-state index >= 15 is 0 Å². The minimum atomic E-state index is -3.65. The van der Waals surface area contributed by atoms with Crippen molar-refractivity contribution in [1.29, 1.82) is 0 Å². The zero-order valence-corrected chi connectivity index (χ0v) is 19.5. The molecule has 1 saturated heterocycles. The highest BCUT2D eigenvalue weighted by molar-refractivity contribution is 7.89. The molecule has 0 bridgehead atoms. The molecule has 6 nitrogen and oxygen atoms in total. The van der Waals surface area contributed by atoms with Crippen LogP contribution in [0.25, 0.3) is 0 Å². The summed E-state index contributed by atoms with van der Waals surface area (Å²) in [6.07, 6.45) is 0.939. The number of anilines is 1. The van der Waals surface area contributed by atoms with Gasteiger partial charge in [0, 0.05) is 44.4 Å². The number of hydrogen-bond acceptors (Lipinski definition) is 4. The molecule has 1 unspecified atom stereocenters. The highest BCUT2D eigenvalue weighted by Crippen LogP contribution is 2.29. The Labute approximate surface area is 187 Å². The normalized spacial score (nSPS) is 16.9. The van der Waals surface area contributed by atoms with Gasteiger partial charge in [-0.15, -0.1) is 0 Å². The maximum atomic E-state index is 12.7. The molecule has 1 heterocycles. The summed E-state index contributed by atoms with van der Waals surface area (Å²) in [5.41, 5.74) is 2.43. The Morgan fingerprint density at radius 1 is 1.20 bits per heavy atom. The molecule has 1 N–H and O–H groups in total. The second-order valence-corrected chi connectivity index (χ2v) is 10.7. The summed E-state index contributed by atoms with van der Waals surface area (Å²) in [6.45, 7) is 4.23. The SMILES string of the molecule is Cc1ccc(Cl)cc1N1CCC(CNC(=O)c2cc(S(=O)(=O)N(C)C)ccc2Cl)C1. The van der Waals surface area contributed by atoms with Gasteiger partial charge in [-0.25, -0.2) is 12.7 Å². The number of halogens is 2. The van der Waals surface area contributed by atoms with Crippen molar-refractivity contribution < 1.29 is 13.2 Å². The van der Waals surface area contributed by atoms with Gasteiger partial charge in [-0.1, -0.05) is 29.3 Å². The standard InChI is InChI=1S/C21H25Cl2N3O3S/c1-14-4-5-16(22)10-20(14)26-9-8-15(13-26)12-24-21(27)18-11-17(6-7-19(18)23)30(28,29)25(2)3/h4-7,10-11,15H,8-9,12-13H2,1-3H3,(H,24,27). The molecule has 2 aromatic rings. The van der Waals surface area contributed by atoms with E-state index in [2.05, 4.69) is 17.1 Å². The summed E-state index contributed by atoms with van der Waals surface area (Å²) < 4.78 is 25.8. The van der Waals surface area contributed by atoms with Crippen molar-refractivity contribution in [3.8, 4) is 0 Å². The number of benzene rings is 2. The quantitative estimate of drug-likeness (QED) is 0.697. The van der Waals surface area contributed by atoms with E-state index < -0.39 is 10.0 Å². The van der Waals surface area contributed by atoms with Crippen molar-refractivity contribution in [2.75, 3.05) is 38.6 Å². The number of sulfonamides is 1. The van der Waals surface area contributed by atoms with E-state index in [-0.39, 0.29) is 27.3 Å². The van der Waals surface area contributed by atoms with Crippen LogP contribution in [0.4, 0.5) is 5.69 Å². The van der Waals surface area contributed by atoms with E-state index in [0.717, 1.165) is 35.1 Å². The molecule has 1 atom stereocenters. The zero-order valence-electron chi connectivity index (χ0n) is 17.2. The van der Waals surface area contributed by atoms with Crippen molar-refractivity contribution in [3.63, 3.8) is 0 Å². The van der Waals surface area contributed by atoms with Crippen molar-refractivity contribution >= 4 is 44.8 Å². The van der Waals surface area contributed by atoms with Crippen LogP contribution >= 0.6 is 23.2 Å². The second kappa shape index (κ2) is 9.14. The van der Waals surface area contributed by atoms with Crippen LogP contribution in [0.5, 0.6) is 0 Å². The molecular formula is C21H25Cl2N3O3S. The van der Waals surface area contributed by atoms with Crippen LogP contribution < -0.4 is 10.2 Å². The number of amides is 1. The van der Waals surface area contributed by atoms with Crippen LogP contribution in [0.3, 0.4) is 0 Å². The molecule has 0 aliphatic carbocycles. The lowest BCUT2D eigenvalue weighted by atomic mass is 10.1. The fourth-order valence-corrected chi connectivity index (χ4v) is 4.82. The number of nitrogens with one attached hydrogen (secondary N) is 1. The molecule has 3 rings (SSSR count). The van der Waals surface area contributed by atoms with Crippen molar-refractivity contribution in [2.45, 2.75) is 18.2 Å². The minimum absolute atomic E-state index is 0.0329. The maximum Gasteiger partial charge on any atom is 0.252 e. The number of nitrogens with zero attached hydrogens (tertiary/aromatic N) is 2. The van der Waals surface area contributed by atoms with Crippen LogP contribution in [0, 0.1) is 12.8 Å². The monoisotopic (exact) mass is 469 g/mol. The molecule has 1 amide bonds. The second-order valence-electron chi connectivity index (χ2n) is 7.67. The summed E-state index contributed by atoms with van der Waals surface area (Å²) in [4.78, 5) is 15.0. The van der Waals surface area contributed by atoms with Gasteiger partial charge in [0.15, 0.2) is 0 Å². The van der Waals surface area contributed by atoms with E-state index in [1.165, 1.54) is 32.3 Å². The highest BCUT2D eigenvalue weighted by Gasteiger charge is 2.25. The molecule has 9 heteroatoms. The predicted molar refractivity (Wildman–Crippen MR) is 121 cm³/mol. The molecule has 0 radical (unpaired) electrons. The fraction of sp³-hybridized carbons (Fsp3) is 0.381. The van der Waals surface area contributed by atoms with Gasteiger partial charge in [-0.3, -0.25) is 4.79 Å². The molecule has 0 spiro atoms. The van der Waals surface area contributed by atoms with E-state index in [1.54, 1.807) is 0 Å². The lowest BCUT2D eigenvalue weighted by molar-refractivity contribution is 0.0948. The first kappa shape index (κ1) is 22.9. The van der Waals surface area contributed by atoms with Crippen molar-refractivity contribution in [2.24, 2.45) is 5.92 Å². The van der Waals surface area contributed by atoms with Crippen molar-refractivity contribution in [1.82, 2.24) is 9.62 Å². The number of aryl methyl sites for hydroxylation is 1. The first-order chi connectivity index (χ1) is 14.1. The fourth-order valence-electron chi connectivity index (χ4n) is 3.52. The van der Waals surface area contributed by atoms with Gasteiger partial charge in [-0.05, 0) is 55.2 Å². The number of carbonyl (C=O) groups is 1. The first-order valence-corrected chi connectivity index (χ1v) is 11.8.